The topological polar surface area (TPSA) is 75.2 Å². The Bertz CT molecular complexity index is 573. The van der Waals surface area contributed by atoms with Crippen LogP contribution in [-0.2, 0) is 16.4 Å². The van der Waals surface area contributed by atoms with Crippen molar-refractivity contribution in [1.29, 1.82) is 0 Å². The van der Waals surface area contributed by atoms with Crippen molar-refractivity contribution in [2.24, 2.45) is 5.92 Å². The number of aromatic nitrogens is 2. The molecule has 0 unspecified atom stereocenters. The zero-order valence-electron chi connectivity index (χ0n) is 13.0. The normalized spacial score (nSPS) is 18.2. The molecular weight excluding hydrogens is 288 g/mol. The molecule has 1 aromatic rings. The van der Waals surface area contributed by atoms with Crippen molar-refractivity contribution in [3.05, 3.63) is 17.5 Å². The standard InChI is InChI=1S/C14H24N4O2S/c1-11(2)8-15-9-13-10-16-14(17-12(13)3)18-4-6-21(19,20)7-5-18/h10-11,15H,4-9H2,1-3H3. The first kappa shape index (κ1) is 16.2. The van der Waals surface area contributed by atoms with Gasteiger partial charge in [-0.25, -0.2) is 18.4 Å². The molecule has 0 bridgehead atoms. The van der Waals surface area contributed by atoms with Crippen molar-refractivity contribution in [1.82, 2.24) is 15.3 Å². The fraction of sp³-hybridized carbons (Fsp3) is 0.714. The summed E-state index contributed by atoms with van der Waals surface area (Å²) in [4.78, 5) is 10.9. The molecule has 1 fully saturated rings. The van der Waals surface area contributed by atoms with Gasteiger partial charge in [0.15, 0.2) is 9.84 Å². The van der Waals surface area contributed by atoms with Gasteiger partial charge in [0.2, 0.25) is 5.95 Å². The largest absolute Gasteiger partial charge is 0.339 e. The Labute approximate surface area is 126 Å². The van der Waals surface area contributed by atoms with Crippen molar-refractivity contribution in [2.45, 2.75) is 27.3 Å². The van der Waals surface area contributed by atoms with Gasteiger partial charge in [0.25, 0.3) is 0 Å². The quantitative estimate of drug-likeness (QED) is 0.865. The number of rotatable bonds is 5. The zero-order valence-corrected chi connectivity index (χ0v) is 13.8. The van der Waals surface area contributed by atoms with Gasteiger partial charge in [0, 0.05) is 37.1 Å². The van der Waals surface area contributed by atoms with E-state index in [1.807, 2.05) is 18.0 Å². The summed E-state index contributed by atoms with van der Waals surface area (Å²) in [7, 11) is -2.87. The lowest BCUT2D eigenvalue weighted by Gasteiger charge is -2.27. The maximum Gasteiger partial charge on any atom is 0.225 e. The molecule has 0 amide bonds. The molecular formula is C14H24N4O2S. The fourth-order valence-corrected chi connectivity index (χ4v) is 3.41. The van der Waals surface area contributed by atoms with Crippen molar-refractivity contribution >= 4 is 15.8 Å². The van der Waals surface area contributed by atoms with Gasteiger partial charge >= 0.3 is 0 Å². The second-order valence-corrected chi connectivity index (χ2v) is 8.25. The number of nitrogens with zero attached hydrogens (tertiary/aromatic N) is 3. The Balaban J connectivity index is 1.99. The molecule has 1 saturated heterocycles. The van der Waals surface area contributed by atoms with Gasteiger partial charge < -0.3 is 10.2 Å². The van der Waals surface area contributed by atoms with Gasteiger partial charge in [-0.3, -0.25) is 0 Å². The SMILES string of the molecule is Cc1nc(N2CCS(=O)(=O)CC2)ncc1CNCC(C)C. The van der Waals surface area contributed by atoms with Crippen LogP contribution in [0.2, 0.25) is 0 Å². The lowest BCUT2D eigenvalue weighted by molar-refractivity contribution is 0.550. The zero-order chi connectivity index (χ0) is 15.5. The van der Waals surface area contributed by atoms with Crippen LogP contribution in [0.4, 0.5) is 5.95 Å². The third kappa shape index (κ3) is 4.64. The summed E-state index contributed by atoms with van der Waals surface area (Å²) in [5, 5.41) is 3.38. The fourth-order valence-electron chi connectivity index (χ4n) is 2.21. The first-order chi connectivity index (χ1) is 9.87. The lowest BCUT2D eigenvalue weighted by atomic mass is 10.2. The molecule has 1 aromatic heterocycles. The molecule has 2 rings (SSSR count). The minimum Gasteiger partial charge on any atom is -0.339 e. The highest BCUT2D eigenvalue weighted by Gasteiger charge is 2.23. The van der Waals surface area contributed by atoms with Crippen molar-refractivity contribution < 1.29 is 8.42 Å². The van der Waals surface area contributed by atoms with E-state index in [1.54, 1.807) is 0 Å². The predicted octanol–water partition coefficient (Wildman–Crippen LogP) is 0.765. The highest BCUT2D eigenvalue weighted by atomic mass is 32.2. The summed E-state index contributed by atoms with van der Waals surface area (Å²) in [6, 6.07) is 0. The number of hydrogen-bond donors (Lipinski definition) is 1. The number of nitrogens with one attached hydrogen (secondary N) is 1. The van der Waals surface area contributed by atoms with Gasteiger partial charge in [-0.1, -0.05) is 13.8 Å². The smallest absolute Gasteiger partial charge is 0.225 e. The van der Waals surface area contributed by atoms with E-state index in [-0.39, 0.29) is 11.5 Å². The Kier molecular flexibility index (Phi) is 5.16. The third-order valence-corrected chi connectivity index (χ3v) is 5.17. The van der Waals surface area contributed by atoms with Crippen molar-refractivity contribution in [3.63, 3.8) is 0 Å². The molecule has 21 heavy (non-hydrogen) atoms. The molecule has 0 atom stereocenters. The van der Waals surface area contributed by atoms with Crippen molar-refractivity contribution in [2.75, 3.05) is 36.0 Å². The minimum atomic E-state index is -2.87. The summed E-state index contributed by atoms with van der Waals surface area (Å²) < 4.78 is 22.9. The molecule has 0 saturated carbocycles. The number of aryl methyl sites for hydroxylation is 1. The lowest BCUT2D eigenvalue weighted by Crippen LogP contribution is -2.41. The van der Waals surface area contributed by atoms with Gasteiger partial charge in [-0.2, -0.15) is 0 Å². The molecule has 2 heterocycles. The highest BCUT2D eigenvalue weighted by Crippen LogP contribution is 2.14. The monoisotopic (exact) mass is 312 g/mol. The first-order valence-electron chi connectivity index (χ1n) is 7.36. The van der Waals surface area contributed by atoms with Crippen LogP contribution < -0.4 is 10.2 Å². The number of sulfone groups is 1. The summed E-state index contributed by atoms with van der Waals surface area (Å²) in [6.07, 6.45) is 1.84. The molecule has 1 N–H and O–H groups in total. The maximum atomic E-state index is 11.4. The van der Waals surface area contributed by atoms with Crippen LogP contribution in [-0.4, -0.2) is 49.5 Å². The second-order valence-electron chi connectivity index (χ2n) is 5.94. The van der Waals surface area contributed by atoms with Crippen molar-refractivity contribution in [3.8, 4) is 0 Å². The van der Waals surface area contributed by atoms with E-state index in [1.165, 1.54) is 0 Å². The van der Waals surface area contributed by atoms with E-state index < -0.39 is 9.84 Å². The van der Waals surface area contributed by atoms with E-state index in [0.717, 1.165) is 24.3 Å². The molecule has 7 heteroatoms. The van der Waals surface area contributed by atoms with Crippen LogP contribution in [0, 0.1) is 12.8 Å². The van der Waals surface area contributed by atoms with Crippen LogP contribution in [0.25, 0.3) is 0 Å². The van der Waals surface area contributed by atoms with Crippen LogP contribution in [0.1, 0.15) is 25.1 Å². The van der Waals surface area contributed by atoms with Gasteiger partial charge in [0.1, 0.15) is 0 Å². The molecule has 6 nitrogen and oxygen atoms in total. The predicted molar refractivity (Wildman–Crippen MR) is 84.2 cm³/mol. The summed E-state index contributed by atoms with van der Waals surface area (Å²) in [6.45, 7) is 9.00. The Morgan fingerprint density at radius 3 is 2.57 bits per heavy atom. The second kappa shape index (κ2) is 6.70. The Morgan fingerprint density at radius 1 is 1.33 bits per heavy atom. The third-order valence-electron chi connectivity index (χ3n) is 3.56. The van der Waals surface area contributed by atoms with E-state index >= 15 is 0 Å². The highest BCUT2D eigenvalue weighted by molar-refractivity contribution is 7.91. The number of hydrogen-bond acceptors (Lipinski definition) is 6. The van der Waals surface area contributed by atoms with Crippen LogP contribution in [0.3, 0.4) is 0 Å². The average molecular weight is 312 g/mol. The van der Waals surface area contributed by atoms with E-state index in [2.05, 4.69) is 29.1 Å². The van der Waals surface area contributed by atoms with Gasteiger partial charge in [0.05, 0.1) is 11.5 Å². The van der Waals surface area contributed by atoms with E-state index in [9.17, 15) is 8.42 Å². The molecule has 0 aliphatic carbocycles. The van der Waals surface area contributed by atoms with E-state index in [4.69, 9.17) is 0 Å². The van der Waals surface area contributed by atoms with Crippen LogP contribution in [0.15, 0.2) is 6.20 Å². The Morgan fingerprint density at radius 2 is 2.00 bits per heavy atom. The maximum absolute atomic E-state index is 11.4. The molecule has 0 radical (unpaired) electrons. The molecule has 1 aliphatic rings. The van der Waals surface area contributed by atoms with E-state index in [0.29, 0.717) is 25.0 Å². The average Bonchev–Trinajstić information content (AvgIpc) is 2.40. The summed E-state index contributed by atoms with van der Waals surface area (Å²) in [5.74, 6) is 1.62. The summed E-state index contributed by atoms with van der Waals surface area (Å²) >= 11 is 0. The molecule has 118 valence electrons. The Hall–Kier alpha value is -1.21. The first-order valence-corrected chi connectivity index (χ1v) is 9.18. The molecule has 0 aromatic carbocycles. The van der Waals surface area contributed by atoms with Gasteiger partial charge in [-0.15, -0.1) is 0 Å². The molecule has 1 aliphatic heterocycles. The van der Waals surface area contributed by atoms with Crippen LogP contribution in [0.5, 0.6) is 0 Å². The minimum absolute atomic E-state index is 0.188. The molecule has 0 spiro atoms. The summed E-state index contributed by atoms with van der Waals surface area (Å²) in [5.41, 5.74) is 2.04. The van der Waals surface area contributed by atoms with Gasteiger partial charge in [-0.05, 0) is 19.4 Å². The number of anilines is 1. The van der Waals surface area contributed by atoms with Crippen LogP contribution >= 0.6 is 0 Å².